The van der Waals surface area contributed by atoms with Gasteiger partial charge in [-0.25, -0.2) is 0 Å². The Bertz CT molecular complexity index is 722. The van der Waals surface area contributed by atoms with Gasteiger partial charge in [-0.1, -0.05) is 33.8 Å². The zero-order valence-electron chi connectivity index (χ0n) is 19.8. The van der Waals surface area contributed by atoms with E-state index in [2.05, 4.69) is 33.8 Å². The van der Waals surface area contributed by atoms with Gasteiger partial charge in [0.25, 0.3) is 0 Å². The second kappa shape index (κ2) is 8.10. The number of carbonyl (C=O) groups excluding carboxylic acids is 2. The highest BCUT2D eigenvalue weighted by Gasteiger charge is 2.59. The average molecular weight is 415 g/mol. The smallest absolute Gasteiger partial charge is 0.306 e. The van der Waals surface area contributed by atoms with E-state index in [9.17, 15) is 9.59 Å². The summed E-state index contributed by atoms with van der Waals surface area (Å²) in [4.78, 5) is 24.5. The predicted octanol–water partition coefficient (Wildman–Crippen LogP) is 6.50. The van der Waals surface area contributed by atoms with E-state index in [-0.39, 0.29) is 23.3 Å². The van der Waals surface area contributed by atoms with E-state index in [0.717, 1.165) is 43.1 Å². The molecule has 0 aliphatic heterocycles. The fourth-order valence-electron chi connectivity index (χ4n) is 8.09. The van der Waals surface area contributed by atoms with Crippen molar-refractivity contribution in [2.45, 2.75) is 105 Å². The van der Waals surface area contributed by atoms with Crippen LogP contribution in [0.15, 0.2) is 11.6 Å². The topological polar surface area (TPSA) is 43.4 Å². The number of hydrogen-bond acceptors (Lipinski definition) is 3. The maximum Gasteiger partial charge on any atom is 0.306 e. The molecule has 3 saturated carbocycles. The molecule has 0 spiro atoms. The molecule has 0 aromatic rings. The van der Waals surface area contributed by atoms with Gasteiger partial charge in [0.2, 0.25) is 0 Å². The van der Waals surface area contributed by atoms with E-state index < -0.39 is 0 Å². The maximum atomic E-state index is 12.3. The van der Waals surface area contributed by atoms with Crippen molar-refractivity contribution in [3.63, 3.8) is 0 Å². The maximum absolute atomic E-state index is 12.3. The van der Waals surface area contributed by atoms with E-state index >= 15 is 0 Å². The largest absolute Gasteiger partial charge is 0.462 e. The highest BCUT2D eigenvalue weighted by atomic mass is 16.5. The van der Waals surface area contributed by atoms with E-state index in [1.807, 2.05) is 0 Å². The van der Waals surface area contributed by atoms with Crippen LogP contribution >= 0.6 is 0 Å². The number of rotatable bonds is 5. The van der Waals surface area contributed by atoms with Crippen LogP contribution in [0.3, 0.4) is 0 Å². The zero-order chi connectivity index (χ0) is 21.7. The Kier molecular flexibility index (Phi) is 5.96. The summed E-state index contributed by atoms with van der Waals surface area (Å²) < 4.78 is 5.91. The number of allylic oxidation sites excluding steroid dienone is 2. The number of ether oxygens (including phenoxy) is 1. The first-order chi connectivity index (χ1) is 14.1. The third-order valence-corrected chi connectivity index (χ3v) is 9.80. The van der Waals surface area contributed by atoms with Gasteiger partial charge in [0, 0.05) is 6.42 Å². The number of ketones is 1. The molecule has 3 nitrogen and oxygen atoms in total. The summed E-state index contributed by atoms with van der Waals surface area (Å²) >= 11 is 0. The van der Waals surface area contributed by atoms with E-state index in [4.69, 9.17) is 4.74 Å². The Labute approximate surface area is 183 Å². The Balaban J connectivity index is 1.42. The summed E-state index contributed by atoms with van der Waals surface area (Å²) in [7, 11) is 0. The molecular formula is C27H42O3. The molecule has 0 radical (unpaired) electrons. The summed E-state index contributed by atoms with van der Waals surface area (Å²) in [6.07, 6.45) is 13.3. The molecule has 4 aliphatic rings. The van der Waals surface area contributed by atoms with Crippen LogP contribution in [-0.4, -0.2) is 17.9 Å². The molecule has 3 fully saturated rings. The summed E-state index contributed by atoms with van der Waals surface area (Å²) in [6.45, 7) is 11.0. The summed E-state index contributed by atoms with van der Waals surface area (Å²) in [5.74, 6) is 3.70. The Morgan fingerprint density at radius 2 is 1.87 bits per heavy atom. The monoisotopic (exact) mass is 414 g/mol. The van der Waals surface area contributed by atoms with E-state index in [0.29, 0.717) is 29.6 Å². The molecule has 0 heterocycles. The summed E-state index contributed by atoms with van der Waals surface area (Å²) in [5, 5.41) is 0. The SMILES string of the molecule is CC(=O)C1=CC[C@@H]2[C@@H]3CC[C@H]4C[C@H](OC(=O)CCC(C)C)CC[C@]4(C)[C@H]3CC[C@]12C. The first-order valence-electron chi connectivity index (χ1n) is 12.6. The van der Waals surface area contributed by atoms with Crippen LogP contribution < -0.4 is 0 Å². The van der Waals surface area contributed by atoms with Gasteiger partial charge < -0.3 is 4.74 Å². The van der Waals surface area contributed by atoms with Gasteiger partial charge in [-0.2, -0.15) is 0 Å². The molecule has 168 valence electrons. The molecule has 30 heavy (non-hydrogen) atoms. The number of Topliss-reactive ketones (excluding diaryl/α,β-unsaturated/α-hetero) is 1. The quantitative estimate of drug-likeness (QED) is 0.482. The van der Waals surface area contributed by atoms with Gasteiger partial charge in [0.05, 0.1) is 0 Å². The van der Waals surface area contributed by atoms with Crippen LogP contribution in [-0.2, 0) is 14.3 Å². The second-order valence-corrected chi connectivity index (χ2v) is 11.8. The first kappa shape index (κ1) is 22.1. The fourth-order valence-corrected chi connectivity index (χ4v) is 8.09. The fraction of sp³-hybridized carbons (Fsp3) is 0.852. The van der Waals surface area contributed by atoms with Gasteiger partial charge in [-0.15, -0.1) is 0 Å². The lowest BCUT2D eigenvalue weighted by Crippen LogP contribution is -2.54. The number of fused-ring (bicyclic) bond motifs is 5. The molecule has 0 saturated heterocycles. The highest BCUT2D eigenvalue weighted by molar-refractivity contribution is 5.95. The third-order valence-electron chi connectivity index (χ3n) is 9.80. The molecule has 0 aromatic carbocycles. The molecule has 0 amide bonds. The third kappa shape index (κ3) is 3.69. The lowest BCUT2D eigenvalue weighted by molar-refractivity contribution is -0.161. The van der Waals surface area contributed by atoms with E-state index in [1.54, 1.807) is 6.92 Å². The van der Waals surface area contributed by atoms with Crippen LogP contribution in [0.5, 0.6) is 0 Å². The van der Waals surface area contributed by atoms with Crippen molar-refractivity contribution in [1.29, 1.82) is 0 Å². The van der Waals surface area contributed by atoms with Gasteiger partial charge >= 0.3 is 5.97 Å². The van der Waals surface area contributed by atoms with Crippen molar-refractivity contribution in [2.24, 2.45) is 40.4 Å². The molecule has 4 rings (SSSR count). The molecule has 0 N–H and O–H groups in total. The first-order valence-corrected chi connectivity index (χ1v) is 12.6. The summed E-state index contributed by atoms with van der Waals surface area (Å²) in [6, 6.07) is 0. The molecule has 0 aromatic heterocycles. The van der Waals surface area contributed by atoms with Crippen molar-refractivity contribution < 1.29 is 14.3 Å². The van der Waals surface area contributed by atoms with Crippen molar-refractivity contribution in [3.05, 3.63) is 11.6 Å². The molecule has 7 atom stereocenters. The molecule has 3 heteroatoms. The minimum atomic E-state index is 0.00761. The van der Waals surface area contributed by atoms with Crippen molar-refractivity contribution in [1.82, 2.24) is 0 Å². The molecule has 4 aliphatic carbocycles. The van der Waals surface area contributed by atoms with Crippen molar-refractivity contribution >= 4 is 11.8 Å². The predicted molar refractivity (Wildman–Crippen MR) is 120 cm³/mol. The minimum absolute atomic E-state index is 0.00761. The zero-order valence-corrected chi connectivity index (χ0v) is 19.8. The van der Waals surface area contributed by atoms with E-state index in [1.165, 1.54) is 32.1 Å². The van der Waals surface area contributed by atoms with Gasteiger partial charge in [0.1, 0.15) is 6.10 Å². The molecule has 0 bridgehead atoms. The van der Waals surface area contributed by atoms with Gasteiger partial charge in [-0.05, 0) is 111 Å². The standard InChI is InChI=1S/C27H42O3/c1-17(2)6-11-25(29)30-20-12-14-26(4)19(16-20)7-8-21-23-10-9-22(18(3)28)27(23,5)15-13-24(21)26/h9,17,19-21,23-24H,6-8,10-16H2,1-5H3/t19-,20+,21-,23+,24-,26-,27+/m0/s1. The molecular weight excluding hydrogens is 372 g/mol. The second-order valence-electron chi connectivity index (χ2n) is 11.8. The Morgan fingerprint density at radius 3 is 2.57 bits per heavy atom. The highest BCUT2D eigenvalue weighted by Crippen LogP contribution is 2.66. The number of hydrogen-bond donors (Lipinski definition) is 0. The van der Waals surface area contributed by atoms with Gasteiger partial charge in [-0.3, -0.25) is 9.59 Å². The lowest BCUT2D eigenvalue weighted by atomic mass is 9.44. The molecule has 0 unspecified atom stereocenters. The van der Waals surface area contributed by atoms with Crippen LogP contribution in [0, 0.1) is 40.4 Å². The van der Waals surface area contributed by atoms with Crippen molar-refractivity contribution in [2.75, 3.05) is 0 Å². The number of esters is 1. The van der Waals surface area contributed by atoms with Crippen LogP contribution in [0.4, 0.5) is 0 Å². The average Bonchev–Trinajstić information content (AvgIpc) is 3.04. The van der Waals surface area contributed by atoms with Gasteiger partial charge in [0.15, 0.2) is 5.78 Å². The summed E-state index contributed by atoms with van der Waals surface area (Å²) in [5.41, 5.74) is 1.61. The Hall–Kier alpha value is -1.12. The van der Waals surface area contributed by atoms with Crippen LogP contribution in [0.2, 0.25) is 0 Å². The van der Waals surface area contributed by atoms with Crippen LogP contribution in [0.25, 0.3) is 0 Å². The number of carbonyl (C=O) groups is 2. The van der Waals surface area contributed by atoms with Crippen LogP contribution in [0.1, 0.15) is 98.8 Å². The lowest BCUT2D eigenvalue weighted by Gasteiger charge is -2.60. The van der Waals surface area contributed by atoms with Crippen molar-refractivity contribution in [3.8, 4) is 0 Å². The normalized spacial score (nSPS) is 42.7. The Morgan fingerprint density at radius 1 is 1.10 bits per heavy atom. The minimum Gasteiger partial charge on any atom is -0.462 e.